The van der Waals surface area contributed by atoms with Crippen LogP contribution >= 0.6 is 0 Å². The van der Waals surface area contributed by atoms with E-state index < -0.39 is 0 Å². The summed E-state index contributed by atoms with van der Waals surface area (Å²) in [6.45, 7) is 5.06. The molecule has 7 heteroatoms. The van der Waals surface area contributed by atoms with Crippen molar-refractivity contribution in [2.24, 2.45) is 7.05 Å². The highest BCUT2D eigenvalue weighted by Gasteiger charge is 2.18. The van der Waals surface area contributed by atoms with Crippen LogP contribution in [0.3, 0.4) is 0 Å². The van der Waals surface area contributed by atoms with E-state index >= 15 is 0 Å². The van der Waals surface area contributed by atoms with E-state index in [9.17, 15) is 0 Å². The molecule has 0 amide bonds. The van der Waals surface area contributed by atoms with E-state index in [2.05, 4.69) is 30.1 Å². The van der Waals surface area contributed by atoms with Gasteiger partial charge in [-0.25, -0.2) is 9.97 Å². The normalized spacial score (nSPS) is 16.6. The summed E-state index contributed by atoms with van der Waals surface area (Å²) in [6, 6.07) is 1.85. The molecule has 3 rings (SSSR count). The fourth-order valence-electron chi connectivity index (χ4n) is 2.41. The number of anilines is 1. The molecule has 106 valence electrons. The number of aromatic nitrogens is 5. The predicted molar refractivity (Wildman–Crippen MR) is 75.4 cm³/mol. The monoisotopic (exact) mass is 273 g/mol. The Kier molecular flexibility index (Phi) is 3.87. The van der Waals surface area contributed by atoms with E-state index in [4.69, 9.17) is 0 Å². The topological polar surface area (TPSA) is 63.0 Å². The highest BCUT2D eigenvalue weighted by atomic mass is 15.4. The highest BCUT2D eigenvalue weighted by molar-refractivity contribution is 5.29. The molecule has 1 aliphatic heterocycles. The zero-order valence-corrected chi connectivity index (χ0v) is 11.7. The van der Waals surface area contributed by atoms with Crippen LogP contribution in [0.2, 0.25) is 0 Å². The molecule has 0 atom stereocenters. The number of rotatable bonds is 4. The van der Waals surface area contributed by atoms with Crippen LogP contribution in [0.4, 0.5) is 5.95 Å². The number of aryl methyl sites for hydroxylation is 1. The predicted octanol–water partition coefficient (Wildman–Crippen LogP) is -0.0302. The smallest absolute Gasteiger partial charge is 0.225 e. The fourth-order valence-corrected chi connectivity index (χ4v) is 2.41. The Labute approximate surface area is 118 Å². The van der Waals surface area contributed by atoms with E-state index in [0.29, 0.717) is 0 Å². The second-order valence-electron chi connectivity index (χ2n) is 5.01. The molecular weight excluding hydrogens is 254 g/mol. The average Bonchev–Trinajstić information content (AvgIpc) is 2.92. The van der Waals surface area contributed by atoms with Gasteiger partial charge in [0.2, 0.25) is 5.95 Å². The lowest BCUT2D eigenvalue weighted by Gasteiger charge is -2.34. The third-order valence-electron chi connectivity index (χ3n) is 3.54. The van der Waals surface area contributed by atoms with Gasteiger partial charge in [0.25, 0.3) is 0 Å². The quantitative estimate of drug-likeness (QED) is 0.779. The van der Waals surface area contributed by atoms with Crippen LogP contribution in [0.5, 0.6) is 0 Å². The molecule has 2 aromatic heterocycles. The maximum Gasteiger partial charge on any atom is 0.225 e. The lowest BCUT2D eigenvalue weighted by Crippen LogP contribution is -2.47. The number of nitrogens with zero attached hydrogens (tertiary/aromatic N) is 7. The maximum atomic E-state index is 4.30. The summed E-state index contributed by atoms with van der Waals surface area (Å²) in [7, 11) is 1.90. The summed E-state index contributed by atoms with van der Waals surface area (Å²) in [5.74, 6) is 0.834. The van der Waals surface area contributed by atoms with Gasteiger partial charge in [-0.2, -0.15) is 0 Å². The number of hydrogen-bond acceptors (Lipinski definition) is 6. The van der Waals surface area contributed by atoms with Gasteiger partial charge in [-0.05, 0) is 6.07 Å². The van der Waals surface area contributed by atoms with Crippen LogP contribution in [0.15, 0.2) is 24.7 Å². The molecule has 2 aromatic rings. The molecule has 0 N–H and O–H groups in total. The minimum Gasteiger partial charge on any atom is -0.338 e. The van der Waals surface area contributed by atoms with Crippen molar-refractivity contribution in [2.75, 3.05) is 37.6 Å². The van der Waals surface area contributed by atoms with Crippen molar-refractivity contribution in [2.45, 2.75) is 6.42 Å². The Balaban J connectivity index is 1.47. The second kappa shape index (κ2) is 5.96. The molecule has 1 saturated heterocycles. The molecule has 0 aliphatic carbocycles. The molecule has 20 heavy (non-hydrogen) atoms. The minimum absolute atomic E-state index is 0.834. The zero-order valence-electron chi connectivity index (χ0n) is 11.7. The molecule has 0 aromatic carbocycles. The van der Waals surface area contributed by atoms with Crippen molar-refractivity contribution in [1.29, 1.82) is 0 Å². The maximum absolute atomic E-state index is 4.30. The van der Waals surface area contributed by atoms with Gasteiger partial charge in [-0.3, -0.25) is 9.58 Å². The van der Waals surface area contributed by atoms with Gasteiger partial charge in [0.1, 0.15) is 0 Å². The van der Waals surface area contributed by atoms with Crippen LogP contribution < -0.4 is 4.90 Å². The Hall–Kier alpha value is -2.02. The number of piperazine rings is 1. The average molecular weight is 273 g/mol. The molecule has 0 saturated carbocycles. The zero-order chi connectivity index (χ0) is 13.8. The third kappa shape index (κ3) is 3.11. The van der Waals surface area contributed by atoms with Gasteiger partial charge < -0.3 is 4.90 Å². The van der Waals surface area contributed by atoms with Crippen LogP contribution in [0, 0.1) is 0 Å². The van der Waals surface area contributed by atoms with E-state index in [1.807, 2.05) is 19.3 Å². The second-order valence-corrected chi connectivity index (χ2v) is 5.01. The van der Waals surface area contributed by atoms with Gasteiger partial charge in [-0.15, -0.1) is 5.10 Å². The van der Waals surface area contributed by atoms with Gasteiger partial charge in [0.15, 0.2) is 0 Å². The van der Waals surface area contributed by atoms with E-state index in [1.54, 1.807) is 17.1 Å². The molecule has 0 spiro atoms. The highest BCUT2D eigenvalue weighted by Crippen LogP contribution is 2.09. The summed E-state index contributed by atoms with van der Waals surface area (Å²) < 4.78 is 1.75. The van der Waals surface area contributed by atoms with Gasteiger partial charge in [0.05, 0.1) is 5.69 Å². The van der Waals surface area contributed by atoms with Crippen molar-refractivity contribution in [1.82, 2.24) is 29.9 Å². The molecule has 1 fully saturated rings. The van der Waals surface area contributed by atoms with Crippen molar-refractivity contribution >= 4 is 5.95 Å². The SMILES string of the molecule is Cn1cc(CCN2CCN(c3ncccn3)CC2)nn1. The molecule has 0 bridgehead atoms. The molecule has 3 heterocycles. The van der Waals surface area contributed by atoms with Crippen molar-refractivity contribution in [3.05, 3.63) is 30.4 Å². The van der Waals surface area contributed by atoms with Crippen LogP contribution in [-0.4, -0.2) is 62.6 Å². The molecular formula is C13H19N7. The summed E-state index contributed by atoms with van der Waals surface area (Å²) >= 11 is 0. The lowest BCUT2D eigenvalue weighted by atomic mass is 10.2. The lowest BCUT2D eigenvalue weighted by molar-refractivity contribution is 0.259. The summed E-state index contributed by atoms with van der Waals surface area (Å²) in [5.41, 5.74) is 1.06. The van der Waals surface area contributed by atoms with Gasteiger partial charge in [-0.1, -0.05) is 5.21 Å². The standard InChI is InChI=1S/C13H19N7/c1-18-11-12(16-17-18)3-6-19-7-9-20(10-8-19)13-14-4-2-5-15-13/h2,4-5,11H,3,6-10H2,1H3. The summed E-state index contributed by atoms with van der Waals surface area (Å²) in [4.78, 5) is 13.3. The Morgan fingerprint density at radius 2 is 1.85 bits per heavy atom. The minimum atomic E-state index is 0.834. The van der Waals surface area contributed by atoms with E-state index in [1.165, 1.54) is 0 Å². The van der Waals surface area contributed by atoms with Crippen molar-refractivity contribution in [3.8, 4) is 0 Å². The van der Waals surface area contributed by atoms with Crippen LogP contribution in [-0.2, 0) is 13.5 Å². The number of hydrogen-bond donors (Lipinski definition) is 0. The molecule has 0 unspecified atom stereocenters. The van der Waals surface area contributed by atoms with Gasteiger partial charge in [0, 0.05) is 64.8 Å². The summed E-state index contributed by atoms with van der Waals surface area (Å²) in [6.07, 6.45) is 6.52. The summed E-state index contributed by atoms with van der Waals surface area (Å²) in [5, 5.41) is 8.07. The molecule has 1 aliphatic rings. The Morgan fingerprint density at radius 1 is 1.10 bits per heavy atom. The van der Waals surface area contributed by atoms with Crippen molar-refractivity contribution in [3.63, 3.8) is 0 Å². The van der Waals surface area contributed by atoms with E-state index in [-0.39, 0.29) is 0 Å². The first-order valence-electron chi connectivity index (χ1n) is 6.91. The largest absolute Gasteiger partial charge is 0.338 e. The first kappa shape index (κ1) is 13.0. The first-order valence-corrected chi connectivity index (χ1v) is 6.91. The van der Waals surface area contributed by atoms with Crippen molar-refractivity contribution < 1.29 is 0 Å². The molecule has 0 radical (unpaired) electrons. The van der Waals surface area contributed by atoms with Crippen LogP contribution in [0.1, 0.15) is 5.69 Å². The fraction of sp³-hybridized carbons (Fsp3) is 0.538. The van der Waals surface area contributed by atoms with Gasteiger partial charge >= 0.3 is 0 Å². The van der Waals surface area contributed by atoms with Crippen LogP contribution in [0.25, 0.3) is 0 Å². The Morgan fingerprint density at radius 3 is 2.50 bits per heavy atom. The Bertz CT molecular complexity index is 531. The first-order chi connectivity index (χ1) is 9.81. The third-order valence-corrected chi connectivity index (χ3v) is 3.54. The van der Waals surface area contributed by atoms with E-state index in [0.717, 1.165) is 50.8 Å². The molecule has 7 nitrogen and oxygen atoms in total.